The van der Waals surface area contributed by atoms with Crippen LogP contribution in [0.25, 0.3) is 15.9 Å². The first-order valence-electron chi connectivity index (χ1n) is 11.5. The molecule has 2 aromatic carbocycles. The van der Waals surface area contributed by atoms with Crippen LogP contribution in [0.1, 0.15) is 41.1 Å². The fourth-order valence-corrected chi connectivity index (χ4v) is 6.27. The van der Waals surface area contributed by atoms with Crippen LogP contribution < -0.4 is 10.3 Å². The van der Waals surface area contributed by atoms with Crippen LogP contribution in [-0.2, 0) is 17.8 Å². The summed E-state index contributed by atoms with van der Waals surface area (Å²) in [5.41, 5.74) is 1.95. The van der Waals surface area contributed by atoms with Crippen LogP contribution >= 0.6 is 23.1 Å². The van der Waals surface area contributed by atoms with E-state index in [2.05, 4.69) is 13.8 Å². The van der Waals surface area contributed by atoms with E-state index in [0.717, 1.165) is 16.9 Å². The summed E-state index contributed by atoms with van der Waals surface area (Å²) < 4.78 is 13.0. The number of benzene rings is 2. The number of rotatable bonds is 7. The first-order valence-corrected chi connectivity index (χ1v) is 13.3. The lowest BCUT2D eigenvalue weighted by molar-refractivity contribution is -0.0543. The van der Waals surface area contributed by atoms with Gasteiger partial charge in [-0.25, -0.2) is 4.98 Å². The van der Waals surface area contributed by atoms with Gasteiger partial charge in [-0.15, -0.1) is 11.3 Å². The summed E-state index contributed by atoms with van der Waals surface area (Å²) in [6.45, 7) is 4.68. The van der Waals surface area contributed by atoms with Crippen molar-refractivity contribution in [3.63, 3.8) is 0 Å². The first kappa shape index (κ1) is 23.8. The largest absolute Gasteiger partial charge is 0.497 e. The smallest absolute Gasteiger partial charge is 0.267 e. The normalized spacial score (nSPS) is 17.3. The van der Waals surface area contributed by atoms with Gasteiger partial charge in [0.15, 0.2) is 10.9 Å². The predicted octanol–water partition coefficient (Wildman–Crippen LogP) is 5.67. The molecule has 5 rings (SSSR count). The molecule has 1 aliphatic rings. The minimum Gasteiger partial charge on any atom is -0.497 e. The van der Waals surface area contributed by atoms with Crippen LogP contribution in [0.3, 0.4) is 0 Å². The number of Topliss-reactive ketones (excluding diaryl/α,β-unsaturated/α-hetero) is 1. The van der Waals surface area contributed by atoms with E-state index < -0.39 is 0 Å². The number of aromatic nitrogens is 2. The van der Waals surface area contributed by atoms with Crippen LogP contribution in [0, 0.1) is 0 Å². The number of nitrogens with zero attached hydrogens (tertiary/aromatic N) is 2. The van der Waals surface area contributed by atoms with Crippen molar-refractivity contribution in [2.75, 3.05) is 12.9 Å². The second-order valence-corrected chi connectivity index (χ2v) is 10.8. The molecule has 0 radical (unpaired) electrons. The quantitative estimate of drug-likeness (QED) is 0.183. The van der Waals surface area contributed by atoms with Crippen molar-refractivity contribution < 1.29 is 14.3 Å². The van der Waals surface area contributed by atoms with E-state index in [1.165, 1.54) is 23.1 Å². The third-order valence-electron chi connectivity index (χ3n) is 6.49. The van der Waals surface area contributed by atoms with Crippen molar-refractivity contribution in [1.29, 1.82) is 0 Å². The summed E-state index contributed by atoms with van der Waals surface area (Å²) in [6.07, 6.45) is 1.54. The molecule has 2 aromatic heterocycles. The lowest BCUT2D eigenvalue weighted by Gasteiger charge is -2.32. The Labute approximate surface area is 211 Å². The van der Waals surface area contributed by atoms with Crippen molar-refractivity contribution in [1.82, 2.24) is 9.55 Å². The van der Waals surface area contributed by atoms with E-state index in [1.54, 1.807) is 23.8 Å². The van der Waals surface area contributed by atoms with Gasteiger partial charge in [0.1, 0.15) is 10.6 Å². The second kappa shape index (κ2) is 9.60. The zero-order chi connectivity index (χ0) is 24.6. The standard InChI is InChI=1S/C27H26N2O4S2/c1-4-27(2)14-20-22(15-33-27)35-24-23(20)25(31)29(18-10-12-19(32-3)13-11-18)26(28-24)34-16-21(30)17-8-6-5-7-9-17/h5-13H,4,14-16H2,1-3H3/t27-/m1/s1. The number of thioether (sulfide) groups is 1. The van der Waals surface area contributed by atoms with Gasteiger partial charge in [-0.3, -0.25) is 14.2 Å². The number of hydrogen-bond acceptors (Lipinski definition) is 7. The third-order valence-corrected chi connectivity index (χ3v) is 8.52. The predicted molar refractivity (Wildman–Crippen MR) is 140 cm³/mol. The Morgan fingerprint density at radius 3 is 2.63 bits per heavy atom. The number of methoxy groups -OCH3 is 1. The minimum atomic E-state index is -0.298. The van der Waals surface area contributed by atoms with Crippen molar-refractivity contribution >= 4 is 39.1 Å². The highest BCUT2D eigenvalue weighted by molar-refractivity contribution is 7.99. The molecule has 0 unspecified atom stereocenters. The molecule has 35 heavy (non-hydrogen) atoms. The molecule has 6 nitrogen and oxygen atoms in total. The molecule has 1 atom stereocenters. The number of ketones is 1. The molecule has 0 saturated carbocycles. The van der Waals surface area contributed by atoms with Gasteiger partial charge in [0.25, 0.3) is 5.56 Å². The average Bonchev–Trinajstić information content (AvgIpc) is 3.25. The number of carbonyl (C=O) groups excluding carboxylic acids is 1. The Morgan fingerprint density at radius 2 is 1.94 bits per heavy atom. The van der Waals surface area contributed by atoms with Crippen LogP contribution in [0.5, 0.6) is 5.75 Å². The first-order chi connectivity index (χ1) is 16.9. The van der Waals surface area contributed by atoms with E-state index >= 15 is 0 Å². The maximum Gasteiger partial charge on any atom is 0.267 e. The Hall–Kier alpha value is -2.94. The van der Waals surface area contributed by atoms with Crippen molar-refractivity contribution in [2.24, 2.45) is 0 Å². The number of thiophene rings is 1. The van der Waals surface area contributed by atoms with Gasteiger partial charge < -0.3 is 9.47 Å². The molecule has 0 spiro atoms. The SMILES string of the molecule is CC[C@]1(C)Cc2c(sc3nc(SCC(=O)c4ccccc4)n(-c4ccc(OC)cc4)c(=O)c23)CO1. The molecule has 1 aliphatic heterocycles. The van der Waals surface area contributed by atoms with E-state index in [1.807, 2.05) is 42.5 Å². The topological polar surface area (TPSA) is 70.4 Å². The Bertz CT molecular complexity index is 1440. The molecule has 4 aromatic rings. The van der Waals surface area contributed by atoms with Crippen molar-refractivity contribution in [3.8, 4) is 11.4 Å². The van der Waals surface area contributed by atoms with Gasteiger partial charge in [0, 0.05) is 16.9 Å². The Kier molecular flexibility index (Phi) is 6.53. The molecule has 0 bridgehead atoms. The van der Waals surface area contributed by atoms with Gasteiger partial charge in [0.2, 0.25) is 0 Å². The minimum absolute atomic E-state index is 0.0104. The summed E-state index contributed by atoms with van der Waals surface area (Å²) in [7, 11) is 1.61. The highest BCUT2D eigenvalue weighted by Crippen LogP contribution is 2.39. The number of fused-ring (bicyclic) bond motifs is 3. The summed E-state index contributed by atoms with van der Waals surface area (Å²) in [5, 5.41) is 1.15. The van der Waals surface area contributed by atoms with Gasteiger partial charge >= 0.3 is 0 Å². The van der Waals surface area contributed by atoms with Crippen LogP contribution in [0.4, 0.5) is 0 Å². The van der Waals surface area contributed by atoms with E-state index in [-0.39, 0.29) is 22.7 Å². The number of hydrogen-bond donors (Lipinski definition) is 0. The van der Waals surface area contributed by atoms with E-state index in [9.17, 15) is 9.59 Å². The maximum atomic E-state index is 14.0. The third kappa shape index (κ3) is 4.53. The van der Waals surface area contributed by atoms with Crippen molar-refractivity contribution in [2.45, 2.75) is 44.1 Å². The number of carbonyl (C=O) groups is 1. The second-order valence-electron chi connectivity index (χ2n) is 8.76. The molecule has 0 amide bonds. The Morgan fingerprint density at radius 1 is 1.20 bits per heavy atom. The molecule has 0 aliphatic carbocycles. The fraction of sp³-hybridized carbons (Fsp3) is 0.296. The zero-order valence-corrected chi connectivity index (χ0v) is 21.5. The lowest BCUT2D eigenvalue weighted by Crippen LogP contribution is -2.34. The van der Waals surface area contributed by atoms with E-state index in [0.29, 0.717) is 45.4 Å². The molecular formula is C27H26N2O4S2. The average molecular weight is 507 g/mol. The molecule has 0 fully saturated rings. The van der Waals surface area contributed by atoms with Gasteiger partial charge in [0.05, 0.1) is 36.1 Å². The van der Waals surface area contributed by atoms with Crippen LogP contribution in [-0.4, -0.2) is 33.8 Å². The summed E-state index contributed by atoms with van der Waals surface area (Å²) in [5.74, 6) is 0.872. The molecule has 8 heteroatoms. The van der Waals surface area contributed by atoms with Gasteiger partial charge in [-0.2, -0.15) is 0 Å². The van der Waals surface area contributed by atoms with Crippen LogP contribution in [0.15, 0.2) is 64.5 Å². The summed E-state index contributed by atoms with van der Waals surface area (Å²) in [6, 6.07) is 16.5. The maximum absolute atomic E-state index is 14.0. The Balaban J connectivity index is 1.62. The van der Waals surface area contributed by atoms with Crippen molar-refractivity contribution in [3.05, 3.63) is 81.0 Å². The van der Waals surface area contributed by atoms with Gasteiger partial charge in [-0.05, 0) is 43.2 Å². The fourth-order valence-electron chi connectivity index (χ4n) is 4.22. The summed E-state index contributed by atoms with van der Waals surface area (Å²) in [4.78, 5) is 33.5. The summed E-state index contributed by atoms with van der Waals surface area (Å²) >= 11 is 2.79. The zero-order valence-electron chi connectivity index (χ0n) is 19.9. The monoisotopic (exact) mass is 506 g/mol. The lowest BCUT2D eigenvalue weighted by atomic mass is 9.90. The van der Waals surface area contributed by atoms with E-state index in [4.69, 9.17) is 14.5 Å². The highest BCUT2D eigenvalue weighted by Gasteiger charge is 2.33. The van der Waals surface area contributed by atoms with Crippen LogP contribution in [0.2, 0.25) is 0 Å². The number of ether oxygens (including phenoxy) is 2. The highest BCUT2D eigenvalue weighted by atomic mass is 32.2. The molecule has 3 heterocycles. The molecular weight excluding hydrogens is 480 g/mol. The molecule has 0 N–H and O–H groups in total. The van der Waals surface area contributed by atoms with Gasteiger partial charge in [-0.1, -0.05) is 49.0 Å². The molecule has 180 valence electrons. The molecule has 0 saturated heterocycles.